The number of allylic oxidation sites excluding steroid dienone is 5. The van der Waals surface area contributed by atoms with E-state index in [1.165, 1.54) is 16.7 Å². The number of rotatable bonds is 0. The Kier molecular flexibility index (Phi) is 2.18. The van der Waals surface area contributed by atoms with Gasteiger partial charge in [0.15, 0.2) is 0 Å². The van der Waals surface area contributed by atoms with E-state index in [9.17, 15) is 0 Å². The molecule has 1 aromatic rings. The maximum Gasteiger partial charge on any atom is 0.0175 e. The highest BCUT2D eigenvalue weighted by molar-refractivity contribution is 9.11. The van der Waals surface area contributed by atoms with Gasteiger partial charge >= 0.3 is 0 Å². The maximum atomic E-state index is 3.55. The predicted molar refractivity (Wildman–Crippen MR) is 72.4 cm³/mol. The molecule has 0 aromatic heterocycles. The van der Waals surface area contributed by atoms with E-state index in [4.69, 9.17) is 0 Å². The van der Waals surface area contributed by atoms with Crippen molar-refractivity contribution in [2.75, 3.05) is 0 Å². The van der Waals surface area contributed by atoms with Gasteiger partial charge in [-0.1, -0.05) is 65.3 Å². The van der Waals surface area contributed by atoms with Crippen molar-refractivity contribution in [3.63, 3.8) is 0 Å². The molecule has 0 radical (unpaired) electrons. The lowest BCUT2D eigenvalue weighted by Gasteiger charge is -2.34. The molecule has 1 atom stereocenters. The van der Waals surface area contributed by atoms with Crippen LogP contribution in [0.4, 0.5) is 0 Å². The second-order valence-corrected chi connectivity index (χ2v) is 5.67. The first-order chi connectivity index (χ1) is 7.67. The molecule has 3 rings (SSSR count). The van der Waals surface area contributed by atoms with Crippen molar-refractivity contribution in [3.8, 4) is 0 Å². The van der Waals surface area contributed by atoms with E-state index in [1.54, 1.807) is 0 Å². The predicted octanol–water partition coefficient (Wildman–Crippen LogP) is 4.48. The minimum atomic E-state index is 0.172. The Morgan fingerprint density at radius 3 is 2.88 bits per heavy atom. The zero-order valence-electron chi connectivity index (χ0n) is 9.20. The minimum Gasteiger partial charge on any atom is -0.0728 e. The van der Waals surface area contributed by atoms with Gasteiger partial charge in [0.05, 0.1) is 0 Å². The molecule has 0 N–H and O–H groups in total. The molecular formula is C15H13Br. The van der Waals surface area contributed by atoms with Gasteiger partial charge in [-0.05, 0) is 29.2 Å². The Bertz CT molecular complexity index is 534. The van der Waals surface area contributed by atoms with Crippen LogP contribution >= 0.6 is 15.9 Å². The number of fused-ring (bicyclic) bond motifs is 2. The third-order valence-corrected chi connectivity index (χ3v) is 3.98. The average molecular weight is 273 g/mol. The molecule has 0 fully saturated rings. The van der Waals surface area contributed by atoms with Gasteiger partial charge in [0.2, 0.25) is 0 Å². The highest BCUT2D eigenvalue weighted by Gasteiger charge is 2.31. The van der Waals surface area contributed by atoms with Crippen LogP contribution in [0.1, 0.15) is 18.1 Å². The summed E-state index contributed by atoms with van der Waals surface area (Å²) in [6.07, 6.45) is 10.1. The van der Waals surface area contributed by atoms with E-state index in [-0.39, 0.29) is 5.41 Å². The van der Waals surface area contributed by atoms with Gasteiger partial charge in [-0.25, -0.2) is 0 Å². The standard InChI is InChI=1S/C15H13Br/c1-15-7-6-14(16)9-13(15)8-11-4-2-3-5-12(11)10-15/h2-9H,10H2,1H3. The lowest BCUT2D eigenvalue weighted by atomic mass is 9.70. The van der Waals surface area contributed by atoms with E-state index in [1.807, 2.05) is 0 Å². The van der Waals surface area contributed by atoms with Gasteiger partial charge in [0, 0.05) is 9.90 Å². The van der Waals surface area contributed by atoms with Crippen LogP contribution in [0.25, 0.3) is 6.08 Å². The Balaban J connectivity index is 2.18. The van der Waals surface area contributed by atoms with E-state index in [0.717, 1.165) is 10.9 Å². The largest absolute Gasteiger partial charge is 0.0728 e. The topological polar surface area (TPSA) is 0 Å². The Morgan fingerprint density at radius 1 is 1.19 bits per heavy atom. The first-order valence-corrected chi connectivity index (χ1v) is 6.33. The van der Waals surface area contributed by atoms with E-state index >= 15 is 0 Å². The molecule has 1 aromatic carbocycles. The number of halogens is 1. The molecule has 0 spiro atoms. The lowest BCUT2D eigenvalue weighted by molar-refractivity contribution is 0.516. The van der Waals surface area contributed by atoms with Gasteiger partial charge in [-0.2, -0.15) is 0 Å². The van der Waals surface area contributed by atoms with Crippen molar-refractivity contribution >= 4 is 22.0 Å². The molecule has 0 saturated carbocycles. The molecule has 0 bridgehead atoms. The third-order valence-electron chi connectivity index (χ3n) is 3.49. The van der Waals surface area contributed by atoms with Crippen LogP contribution in [0.15, 0.2) is 52.5 Å². The normalized spacial score (nSPS) is 26.6. The maximum absolute atomic E-state index is 3.55. The summed E-state index contributed by atoms with van der Waals surface area (Å²) < 4.78 is 1.16. The van der Waals surface area contributed by atoms with Gasteiger partial charge in [0.25, 0.3) is 0 Å². The summed E-state index contributed by atoms with van der Waals surface area (Å²) in [5.74, 6) is 0. The van der Waals surface area contributed by atoms with Crippen LogP contribution in [0, 0.1) is 5.41 Å². The molecule has 0 aliphatic heterocycles. The molecule has 80 valence electrons. The van der Waals surface area contributed by atoms with Crippen molar-refractivity contribution in [2.45, 2.75) is 13.3 Å². The van der Waals surface area contributed by atoms with Gasteiger partial charge in [0.1, 0.15) is 0 Å². The van der Waals surface area contributed by atoms with Crippen molar-refractivity contribution in [1.82, 2.24) is 0 Å². The van der Waals surface area contributed by atoms with Gasteiger partial charge in [-0.15, -0.1) is 0 Å². The smallest absolute Gasteiger partial charge is 0.0175 e. The lowest BCUT2D eigenvalue weighted by Crippen LogP contribution is -2.24. The summed E-state index contributed by atoms with van der Waals surface area (Å²) in [4.78, 5) is 0. The van der Waals surface area contributed by atoms with Crippen LogP contribution in [0.3, 0.4) is 0 Å². The van der Waals surface area contributed by atoms with Crippen LogP contribution < -0.4 is 0 Å². The molecule has 0 saturated heterocycles. The molecule has 2 aliphatic carbocycles. The molecular weight excluding hydrogens is 260 g/mol. The van der Waals surface area contributed by atoms with Crippen LogP contribution in [-0.2, 0) is 6.42 Å². The van der Waals surface area contributed by atoms with Crippen LogP contribution in [0.2, 0.25) is 0 Å². The summed E-state index contributed by atoms with van der Waals surface area (Å²) in [6.45, 7) is 2.31. The first-order valence-electron chi connectivity index (χ1n) is 5.54. The molecule has 0 heterocycles. The molecule has 16 heavy (non-hydrogen) atoms. The molecule has 1 unspecified atom stereocenters. The Hall–Kier alpha value is -1.08. The molecule has 0 amide bonds. The van der Waals surface area contributed by atoms with Crippen molar-refractivity contribution in [1.29, 1.82) is 0 Å². The van der Waals surface area contributed by atoms with E-state index < -0.39 is 0 Å². The third kappa shape index (κ3) is 1.51. The molecule has 2 aliphatic rings. The highest BCUT2D eigenvalue weighted by Crippen LogP contribution is 2.43. The SMILES string of the molecule is CC12C=CC(Br)=CC1=Cc1ccccc1C2. The number of hydrogen-bond acceptors (Lipinski definition) is 0. The summed E-state index contributed by atoms with van der Waals surface area (Å²) in [5.41, 5.74) is 4.39. The average Bonchev–Trinajstić information content (AvgIpc) is 2.27. The fourth-order valence-electron chi connectivity index (χ4n) is 2.49. The quantitative estimate of drug-likeness (QED) is 0.653. The fraction of sp³-hybridized carbons (Fsp3) is 0.200. The minimum absolute atomic E-state index is 0.172. The monoisotopic (exact) mass is 272 g/mol. The van der Waals surface area contributed by atoms with E-state index in [0.29, 0.717) is 0 Å². The number of hydrogen-bond donors (Lipinski definition) is 0. The second-order valence-electron chi connectivity index (χ2n) is 4.76. The Morgan fingerprint density at radius 2 is 2.00 bits per heavy atom. The first kappa shape index (κ1) is 10.1. The van der Waals surface area contributed by atoms with E-state index in [2.05, 4.69) is 71.4 Å². The zero-order valence-corrected chi connectivity index (χ0v) is 10.8. The Labute approximate surface area is 105 Å². The zero-order chi connectivity index (χ0) is 11.2. The van der Waals surface area contributed by atoms with Crippen LogP contribution in [-0.4, -0.2) is 0 Å². The van der Waals surface area contributed by atoms with Crippen molar-refractivity contribution in [2.24, 2.45) is 5.41 Å². The number of benzene rings is 1. The second kappa shape index (κ2) is 3.46. The summed E-state index contributed by atoms with van der Waals surface area (Å²) in [6, 6.07) is 8.66. The van der Waals surface area contributed by atoms with Gasteiger partial charge < -0.3 is 0 Å². The fourth-order valence-corrected chi connectivity index (χ4v) is 2.87. The summed E-state index contributed by atoms with van der Waals surface area (Å²) >= 11 is 3.55. The molecule has 1 heteroatoms. The van der Waals surface area contributed by atoms with Crippen molar-refractivity contribution < 1.29 is 0 Å². The van der Waals surface area contributed by atoms with Gasteiger partial charge in [-0.3, -0.25) is 0 Å². The summed E-state index contributed by atoms with van der Waals surface area (Å²) in [5, 5.41) is 0. The van der Waals surface area contributed by atoms with Crippen LogP contribution in [0.5, 0.6) is 0 Å². The summed E-state index contributed by atoms with van der Waals surface area (Å²) in [7, 11) is 0. The molecule has 0 nitrogen and oxygen atoms in total. The van der Waals surface area contributed by atoms with Crippen molar-refractivity contribution in [3.05, 3.63) is 63.7 Å². The highest BCUT2D eigenvalue weighted by atomic mass is 79.9.